The molecule has 0 spiro atoms. The van der Waals surface area contributed by atoms with Gasteiger partial charge in [-0.1, -0.05) is 0 Å². The largest absolute Gasteiger partial charge is 1.00 e. The predicted octanol–water partition coefficient (Wildman–Crippen LogP) is 1.65. The van der Waals surface area contributed by atoms with E-state index in [4.69, 9.17) is 0 Å². The molecular weight excluding hydrogens is 436 g/mol. The third-order valence-corrected chi connectivity index (χ3v) is 17.7. The van der Waals surface area contributed by atoms with Crippen molar-refractivity contribution in [2.24, 2.45) is 0 Å². The number of allylic oxidation sites excluding steroid dienone is 2. The molecule has 0 radical (unpaired) electrons. The fraction of sp³-hybridized carbons (Fsp3) is 0.333. The van der Waals surface area contributed by atoms with Crippen molar-refractivity contribution in [2.75, 3.05) is 13.3 Å². The maximum atomic E-state index is 2.63. The van der Waals surface area contributed by atoms with E-state index < -0.39 is 0 Å². The van der Waals surface area contributed by atoms with Gasteiger partial charge in [-0.2, -0.15) is 0 Å². The molecule has 1 aliphatic heterocycles. The van der Waals surface area contributed by atoms with Crippen LogP contribution in [0.5, 0.6) is 0 Å². The summed E-state index contributed by atoms with van der Waals surface area (Å²) in [6.07, 6.45) is 5.25. The van der Waals surface area contributed by atoms with Gasteiger partial charge in [0.1, 0.15) is 0 Å². The summed E-state index contributed by atoms with van der Waals surface area (Å²) >= 11 is -0.168. The van der Waals surface area contributed by atoms with E-state index in [0.29, 0.717) is 0 Å². The molecule has 1 fully saturated rings. The van der Waals surface area contributed by atoms with Crippen LogP contribution in [0.1, 0.15) is 53.0 Å². The SMILES string of the molecule is Cc1ccc(C)c2c1C=C1[CH]2[Ti+2][CH]2C(=Cc3c(C)ccc(C)c32)P(C)P1C.[F-].[F-]. The maximum Gasteiger partial charge on any atom is -1.00 e. The first-order valence-electron chi connectivity index (χ1n) is 9.75. The molecule has 4 unspecified atom stereocenters. The Morgan fingerprint density at radius 2 is 0.966 bits per heavy atom. The number of benzene rings is 2. The Morgan fingerprint density at radius 1 is 0.621 bits per heavy atom. The molecule has 2 aromatic carbocycles. The average molecular weight is 462 g/mol. The van der Waals surface area contributed by atoms with Crippen LogP contribution in [0.2, 0.25) is 0 Å². The summed E-state index contributed by atoms with van der Waals surface area (Å²) in [7, 11) is -0.111. The molecule has 2 aliphatic carbocycles. The standard InChI is InChI=1S/C24H26P2.2FH.Ti/c1-15-7-8-16(2)22-12-19(11-21(15)22)25(5)26(6)20-13-23-17(3)9-10-18(4)24(23)14-20;;;/h7-14H,1-6H3;2*1H;/q;;;+2/p-2. The van der Waals surface area contributed by atoms with E-state index in [2.05, 4.69) is 77.4 Å². The molecule has 2 aromatic rings. The van der Waals surface area contributed by atoms with E-state index in [1.807, 2.05) is 10.6 Å². The van der Waals surface area contributed by atoms with Gasteiger partial charge in [0, 0.05) is 0 Å². The average Bonchev–Trinajstić information content (AvgIpc) is 3.19. The van der Waals surface area contributed by atoms with Crippen LogP contribution in [0.15, 0.2) is 34.9 Å². The number of hydrogen-bond acceptors (Lipinski definition) is 0. The quantitative estimate of drug-likeness (QED) is 0.413. The van der Waals surface area contributed by atoms with Gasteiger partial charge < -0.3 is 9.41 Å². The number of rotatable bonds is 0. The van der Waals surface area contributed by atoms with Gasteiger partial charge in [0.05, 0.1) is 0 Å². The normalized spacial score (nSPS) is 25.4. The van der Waals surface area contributed by atoms with Gasteiger partial charge in [0.2, 0.25) is 0 Å². The summed E-state index contributed by atoms with van der Waals surface area (Å²) in [5.41, 5.74) is 12.5. The zero-order chi connectivity index (χ0) is 19.0. The van der Waals surface area contributed by atoms with E-state index in [-0.39, 0.29) is 43.8 Å². The van der Waals surface area contributed by atoms with E-state index in [1.165, 1.54) is 22.3 Å². The summed E-state index contributed by atoms with van der Waals surface area (Å²) in [5, 5.41) is 3.65. The molecule has 1 heterocycles. The van der Waals surface area contributed by atoms with Crippen molar-refractivity contribution >= 4 is 27.4 Å². The van der Waals surface area contributed by atoms with Gasteiger partial charge in [-0.15, -0.1) is 0 Å². The maximum absolute atomic E-state index is 2.63. The molecule has 5 heteroatoms. The van der Waals surface area contributed by atoms with Crippen LogP contribution in [0.3, 0.4) is 0 Å². The minimum Gasteiger partial charge on any atom is -1.00 e. The fourth-order valence-electron chi connectivity index (χ4n) is 5.03. The topological polar surface area (TPSA) is 0 Å². The Labute approximate surface area is 184 Å². The second-order valence-electron chi connectivity index (χ2n) is 8.27. The first-order valence-corrected chi connectivity index (χ1v) is 15.8. The molecule has 1 saturated heterocycles. The van der Waals surface area contributed by atoms with Crippen LogP contribution in [0, 0.1) is 27.7 Å². The van der Waals surface area contributed by atoms with E-state index in [0.717, 1.165) is 8.45 Å². The number of aryl methyl sites for hydroxylation is 4. The van der Waals surface area contributed by atoms with Crippen LogP contribution in [-0.2, 0) is 19.2 Å². The van der Waals surface area contributed by atoms with Gasteiger partial charge in [-0.05, 0) is 0 Å². The molecule has 5 rings (SSSR count). The Bertz CT molecular complexity index is 974. The Morgan fingerprint density at radius 3 is 1.34 bits per heavy atom. The summed E-state index contributed by atoms with van der Waals surface area (Å²) in [6.45, 7) is 14.4. The molecule has 3 aliphatic rings. The number of hydrogen-bond donors (Lipinski definition) is 0. The van der Waals surface area contributed by atoms with E-state index >= 15 is 0 Å². The van der Waals surface area contributed by atoms with Gasteiger partial charge in [0.15, 0.2) is 0 Å². The van der Waals surface area contributed by atoms with E-state index in [1.54, 1.807) is 22.3 Å². The molecule has 0 nitrogen and oxygen atoms in total. The van der Waals surface area contributed by atoms with Crippen molar-refractivity contribution in [1.82, 2.24) is 0 Å². The predicted molar refractivity (Wildman–Crippen MR) is 119 cm³/mol. The second kappa shape index (κ2) is 8.13. The molecular formula is C24H26F2P2Ti. The third-order valence-electron chi connectivity index (χ3n) is 6.73. The zero-order valence-electron chi connectivity index (χ0n) is 17.8. The molecule has 29 heavy (non-hydrogen) atoms. The monoisotopic (exact) mass is 462 g/mol. The summed E-state index contributed by atoms with van der Waals surface area (Å²) in [5.74, 6) is 0. The Kier molecular flexibility index (Phi) is 6.45. The van der Waals surface area contributed by atoms with Crippen molar-refractivity contribution in [1.29, 1.82) is 0 Å². The van der Waals surface area contributed by atoms with Gasteiger partial charge in [-0.25, -0.2) is 0 Å². The van der Waals surface area contributed by atoms with Crippen LogP contribution < -0.4 is 9.41 Å². The first-order chi connectivity index (χ1) is 12.9. The summed E-state index contributed by atoms with van der Waals surface area (Å²) < 4.78 is 1.51. The molecule has 150 valence electrons. The van der Waals surface area contributed by atoms with Crippen molar-refractivity contribution in [3.05, 3.63) is 79.4 Å². The fourth-order valence-corrected chi connectivity index (χ4v) is 17.0. The van der Waals surface area contributed by atoms with Crippen LogP contribution in [0.4, 0.5) is 0 Å². The molecule has 0 amide bonds. The molecule has 0 N–H and O–H groups in total. The first kappa shape index (κ1) is 23.0. The van der Waals surface area contributed by atoms with Crippen LogP contribution in [0.25, 0.3) is 12.2 Å². The molecule has 0 saturated carbocycles. The van der Waals surface area contributed by atoms with Gasteiger partial charge >= 0.3 is 175 Å². The smallest absolute Gasteiger partial charge is 1.00 e. The summed E-state index contributed by atoms with van der Waals surface area (Å²) in [6, 6.07) is 9.38. The third kappa shape index (κ3) is 3.27. The van der Waals surface area contributed by atoms with Crippen LogP contribution >= 0.6 is 15.2 Å². The Hall–Kier alpha value is -0.646. The minimum absolute atomic E-state index is 0. The van der Waals surface area contributed by atoms with Gasteiger partial charge in [0.25, 0.3) is 0 Å². The zero-order valence-corrected chi connectivity index (χ0v) is 21.1. The van der Waals surface area contributed by atoms with Gasteiger partial charge in [-0.3, -0.25) is 0 Å². The van der Waals surface area contributed by atoms with Crippen molar-refractivity contribution in [3.63, 3.8) is 0 Å². The molecule has 0 aromatic heterocycles. The number of halogens is 2. The van der Waals surface area contributed by atoms with E-state index in [9.17, 15) is 0 Å². The van der Waals surface area contributed by atoms with Crippen molar-refractivity contribution in [2.45, 2.75) is 36.1 Å². The minimum atomic E-state index is -0.168. The second-order valence-corrected chi connectivity index (χ2v) is 17.3. The van der Waals surface area contributed by atoms with Crippen molar-refractivity contribution in [3.8, 4) is 0 Å². The molecule has 4 atom stereocenters. The Balaban J connectivity index is 0.00000120. The van der Waals surface area contributed by atoms with Crippen LogP contribution in [-0.4, -0.2) is 13.3 Å². The molecule has 0 bridgehead atoms. The summed E-state index contributed by atoms with van der Waals surface area (Å²) in [4.78, 5) is 0. The van der Waals surface area contributed by atoms with Crippen molar-refractivity contribution < 1.29 is 28.6 Å². The number of fused-ring (bicyclic) bond motifs is 6.